The molecule has 0 aliphatic carbocycles. The number of hydrogen-bond acceptors (Lipinski definition) is 3. The number of carbonyl (C=O) groups excluding carboxylic acids is 1. The summed E-state index contributed by atoms with van der Waals surface area (Å²) in [6.07, 6.45) is 0. The standard InChI is InChI=1S/C14H10ClFN2O3/c15-13(9-4-2-1-3-5-9)14(19)17-12-7-6-10(18(20)21)8-11(12)16/h1-8,13H,(H,17,19). The van der Waals surface area contributed by atoms with E-state index in [1.807, 2.05) is 0 Å². The van der Waals surface area contributed by atoms with E-state index in [1.54, 1.807) is 30.3 Å². The molecule has 0 bridgehead atoms. The number of halogens is 2. The van der Waals surface area contributed by atoms with Crippen LogP contribution in [0, 0.1) is 15.9 Å². The average molecular weight is 309 g/mol. The highest BCUT2D eigenvalue weighted by molar-refractivity contribution is 6.32. The Balaban J connectivity index is 2.15. The molecule has 1 amide bonds. The van der Waals surface area contributed by atoms with Gasteiger partial charge in [0.15, 0.2) is 5.82 Å². The van der Waals surface area contributed by atoms with Gasteiger partial charge in [0.05, 0.1) is 16.7 Å². The van der Waals surface area contributed by atoms with Crippen molar-refractivity contribution < 1.29 is 14.1 Å². The third-order valence-corrected chi connectivity index (χ3v) is 3.19. The first-order valence-corrected chi connectivity index (χ1v) is 6.36. The van der Waals surface area contributed by atoms with Crippen molar-refractivity contribution in [3.63, 3.8) is 0 Å². The van der Waals surface area contributed by atoms with Crippen molar-refractivity contribution in [1.82, 2.24) is 0 Å². The lowest BCUT2D eigenvalue weighted by Gasteiger charge is -2.11. The van der Waals surface area contributed by atoms with Gasteiger partial charge in [-0.05, 0) is 11.6 Å². The lowest BCUT2D eigenvalue weighted by Crippen LogP contribution is -2.18. The predicted molar refractivity (Wildman–Crippen MR) is 76.7 cm³/mol. The molecule has 2 aromatic rings. The van der Waals surface area contributed by atoms with Crippen molar-refractivity contribution in [2.75, 3.05) is 5.32 Å². The van der Waals surface area contributed by atoms with E-state index >= 15 is 0 Å². The van der Waals surface area contributed by atoms with Gasteiger partial charge < -0.3 is 5.32 Å². The molecule has 7 heteroatoms. The Bertz CT molecular complexity index is 679. The number of nitro benzene ring substituents is 1. The van der Waals surface area contributed by atoms with Crippen LogP contribution in [0.4, 0.5) is 15.8 Å². The van der Waals surface area contributed by atoms with Crippen molar-refractivity contribution in [3.8, 4) is 0 Å². The second-order valence-corrected chi connectivity index (χ2v) is 4.62. The Morgan fingerprint density at radius 1 is 1.24 bits per heavy atom. The quantitative estimate of drug-likeness (QED) is 0.532. The second-order valence-electron chi connectivity index (χ2n) is 4.18. The van der Waals surface area contributed by atoms with Gasteiger partial charge in [0.1, 0.15) is 5.38 Å². The number of benzene rings is 2. The first-order valence-electron chi connectivity index (χ1n) is 5.93. The molecular formula is C14H10ClFN2O3. The van der Waals surface area contributed by atoms with Crippen molar-refractivity contribution in [3.05, 3.63) is 70.0 Å². The molecule has 1 unspecified atom stereocenters. The van der Waals surface area contributed by atoms with E-state index in [4.69, 9.17) is 11.6 Å². The maximum atomic E-state index is 13.7. The van der Waals surface area contributed by atoms with Crippen LogP contribution >= 0.6 is 11.6 Å². The van der Waals surface area contributed by atoms with Crippen molar-refractivity contribution in [2.45, 2.75) is 5.38 Å². The molecule has 0 aliphatic heterocycles. The lowest BCUT2D eigenvalue weighted by atomic mass is 10.1. The summed E-state index contributed by atoms with van der Waals surface area (Å²) in [6.45, 7) is 0. The van der Waals surface area contributed by atoms with Crippen molar-refractivity contribution >= 4 is 28.9 Å². The van der Waals surface area contributed by atoms with Crippen LogP contribution in [0.15, 0.2) is 48.5 Å². The number of rotatable bonds is 4. The van der Waals surface area contributed by atoms with E-state index in [-0.39, 0.29) is 5.69 Å². The minimum atomic E-state index is -0.985. The fraction of sp³-hybridized carbons (Fsp3) is 0.0714. The normalized spacial score (nSPS) is 11.7. The molecule has 108 valence electrons. The molecule has 0 fully saturated rings. The number of amides is 1. The molecule has 0 saturated carbocycles. The molecule has 5 nitrogen and oxygen atoms in total. The zero-order chi connectivity index (χ0) is 15.4. The number of nitrogens with one attached hydrogen (secondary N) is 1. The highest BCUT2D eigenvalue weighted by Crippen LogP contribution is 2.25. The molecule has 0 aromatic heterocycles. The summed E-state index contributed by atoms with van der Waals surface area (Å²) < 4.78 is 13.7. The molecule has 0 heterocycles. The van der Waals surface area contributed by atoms with Crippen LogP contribution in [-0.4, -0.2) is 10.8 Å². The van der Waals surface area contributed by atoms with Gasteiger partial charge in [-0.25, -0.2) is 4.39 Å². The summed E-state index contributed by atoms with van der Waals surface area (Å²) in [5.74, 6) is -1.51. The van der Waals surface area contributed by atoms with Gasteiger partial charge in [0, 0.05) is 6.07 Å². The van der Waals surface area contributed by atoms with Gasteiger partial charge in [-0.3, -0.25) is 14.9 Å². The monoisotopic (exact) mass is 308 g/mol. The van der Waals surface area contributed by atoms with Gasteiger partial charge in [0.2, 0.25) is 5.91 Å². The SMILES string of the molecule is O=C(Nc1ccc([N+](=O)[O-])cc1F)C(Cl)c1ccccc1. The number of nitrogens with zero attached hydrogens (tertiary/aromatic N) is 1. The molecule has 2 aromatic carbocycles. The third kappa shape index (κ3) is 3.55. The van der Waals surface area contributed by atoms with E-state index < -0.39 is 27.7 Å². The van der Waals surface area contributed by atoms with Gasteiger partial charge in [-0.2, -0.15) is 0 Å². The fourth-order valence-electron chi connectivity index (χ4n) is 1.69. The van der Waals surface area contributed by atoms with Crippen LogP contribution in [0.25, 0.3) is 0 Å². The van der Waals surface area contributed by atoms with E-state index in [0.29, 0.717) is 5.56 Å². The largest absolute Gasteiger partial charge is 0.322 e. The average Bonchev–Trinajstić information content (AvgIpc) is 2.49. The molecule has 0 spiro atoms. The van der Waals surface area contributed by atoms with Gasteiger partial charge in [-0.15, -0.1) is 11.6 Å². The first-order chi connectivity index (χ1) is 9.99. The van der Waals surface area contributed by atoms with Crippen molar-refractivity contribution in [1.29, 1.82) is 0 Å². The van der Waals surface area contributed by atoms with Crippen LogP contribution in [0.1, 0.15) is 10.9 Å². The zero-order valence-corrected chi connectivity index (χ0v) is 11.4. The summed E-state index contributed by atoms with van der Waals surface area (Å²) in [6, 6.07) is 11.5. The van der Waals surface area contributed by atoms with Crippen LogP contribution in [-0.2, 0) is 4.79 Å². The number of nitro groups is 1. The number of hydrogen-bond donors (Lipinski definition) is 1. The zero-order valence-electron chi connectivity index (χ0n) is 10.6. The molecule has 2 rings (SSSR count). The third-order valence-electron chi connectivity index (χ3n) is 2.74. The molecule has 0 aliphatic rings. The predicted octanol–water partition coefficient (Wildman–Crippen LogP) is 3.65. The number of non-ortho nitro benzene ring substituents is 1. The molecular weight excluding hydrogens is 299 g/mol. The molecule has 0 saturated heterocycles. The Hall–Kier alpha value is -2.47. The van der Waals surface area contributed by atoms with E-state index in [9.17, 15) is 19.3 Å². The van der Waals surface area contributed by atoms with Crippen LogP contribution in [0.2, 0.25) is 0 Å². The molecule has 21 heavy (non-hydrogen) atoms. The summed E-state index contributed by atoms with van der Waals surface area (Å²) in [5, 5.41) is 11.8. The molecule has 1 N–H and O–H groups in total. The first kappa shape index (κ1) is 14.9. The highest BCUT2D eigenvalue weighted by Gasteiger charge is 2.19. The smallest absolute Gasteiger partial charge is 0.272 e. The van der Waals surface area contributed by atoms with Gasteiger partial charge in [-0.1, -0.05) is 30.3 Å². The Morgan fingerprint density at radius 3 is 2.48 bits per heavy atom. The Morgan fingerprint density at radius 2 is 1.90 bits per heavy atom. The summed E-state index contributed by atoms with van der Waals surface area (Å²) in [7, 11) is 0. The minimum Gasteiger partial charge on any atom is -0.322 e. The van der Waals surface area contributed by atoms with Crippen molar-refractivity contribution in [2.24, 2.45) is 0 Å². The van der Waals surface area contributed by atoms with Gasteiger partial charge >= 0.3 is 0 Å². The number of carbonyl (C=O) groups is 1. The summed E-state index contributed by atoms with van der Waals surface area (Å²) in [5.41, 5.74) is 0.0159. The maximum Gasteiger partial charge on any atom is 0.272 e. The Labute approximate surface area is 124 Å². The fourth-order valence-corrected chi connectivity index (χ4v) is 1.89. The van der Waals surface area contributed by atoms with Crippen LogP contribution < -0.4 is 5.32 Å². The molecule has 1 atom stereocenters. The lowest BCUT2D eigenvalue weighted by molar-refractivity contribution is -0.385. The van der Waals surface area contributed by atoms with Crippen LogP contribution in [0.5, 0.6) is 0 Å². The van der Waals surface area contributed by atoms with E-state index in [1.165, 1.54) is 0 Å². The van der Waals surface area contributed by atoms with Crippen LogP contribution in [0.3, 0.4) is 0 Å². The summed E-state index contributed by atoms with van der Waals surface area (Å²) >= 11 is 6.00. The van der Waals surface area contributed by atoms with Gasteiger partial charge in [0.25, 0.3) is 5.69 Å². The topological polar surface area (TPSA) is 72.2 Å². The maximum absolute atomic E-state index is 13.7. The number of anilines is 1. The second kappa shape index (κ2) is 6.32. The van der Waals surface area contributed by atoms with E-state index in [0.717, 1.165) is 18.2 Å². The molecule has 0 radical (unpaired) electrons. The number of alkyl halides is 1. The highest BCUT2D eigenvalue weighted by atomic mass is 35.5. The minimum absolute atomic E-state index is 0.160. The Kier molecular flexibility index (Phi) is 4.49. The summed E-state index contributed by atoms with van der Waals surface area (Å²) in [4.78, 5) is 21.7. The van der Waals surface area contributed by atoms with E-state index in [2.05, 4.69) is 5.32 Å².